The van der Waals surface area contributed by atoms with Gasteiger partial charge in [0.2, 0.25) is 5.76 Å². The molecule has 2 rings (SSSR count). The van der Waals surface area contributed by atoms with Crippen LogP contribution in [0.1, 0.15) is 28.0 Å². The number of rotatable bonds is 3. The Bertz CT molecular complexity index is 592. The van der Waals surface area contributed by atoms with Gasteiger partial charge in [-0.05, 0) is 18.2 Å². The fourth-order valence-electron chi connectivity index (χ4n) is 1.50. The summed E-state index contributed by atoms with van der Waals surface area (Å²) in [7, 11) is 0. The highest BCUT2D eigenvalue weighted by molar-refractivity contribution is 5.84. The lowest BCUT2D eigenvalue weighted by Gasteiger charge is -2.09. The van der Waals surface area contributed by atoms with Gasteiger partial charge in [0.1, 0.15) is 11.9 Å². The molecule has 2 N–H and O–H groups in total. The quantitative estimate of drug-likeness (QED) is 0.881. The van der Waals surface area contributed by atoms with Crippen LogP contribution < -0.4 is 0 Å². The molecule has 0 bridgehead atoms. The van der Waals surface area contributed by atoms with Crippen LogP contribution in [0, 0.1) is 11.6 Å². The SMILES string of the molecule is O=C(O)c1ccc(C(O)c2cccc(F)c2F)o1. The Balaban J connectivity index is 2.38. The van der Waals surface area contributed by atoms with Gasteiger partial charge in [0, 0.05) is 5.56 Å². The van der Waals surface area contributed by atoms with Gasteiger partial charge in [-0.1, -0.05) is 12.1 Å². The third-order valence-corrected chi connectivity index (χ3v) is 2.38. The van der Waals surface area contributed by atoms with Crippen molar-refractivity contribution in [3.05, 3.63) is 59.1 Å². The molecule has 2 aromatic rings. The first kappa shape index (κ1) is 12.3. The first-order valence-electron chi connectivity index (χ1n) is 4.95. The van der Waals surface area contributed by atoms with E-state index in [1.165, 1.54) is 18.2 Å². The summed E-state index contributed by atoms with van der Waals surface area (Å²) >= 11 is 0. The van der Waals surface area contributed by atoms with E-state index in [-0.39, 0.29) is 17.1 Å². The normalized spacial score (nSPS) is 12.4. The molecule has 0 aliphatic rings. The number of hydrogen-bond acceptors (Lipinski definition) is 3. The number of carboxylic acid groups (broad SMARTS) is 1. The van der Waals surface area contributed by atoms with Gasteiger partial charge in [-0.2, -0.15) is 0 Å². The molecule has 0 fully saturated rings. The number of benzene rings is 1. The van der Waals surface area contributed by atoms with Crippen molar-refractivity contribution in [2.24, 2.45) is 0 Å². The monoisotopic (exact) mass is 254 g/mol. The van der Waals surface area contributed by atoms with Crippen LogP contribution in [0.25, 0.3) is 0 Å². The molecule has 18 heavy (non-hydrogen) atoms. The van der Waals surface area contributed by atoms with E-state index >= 15 is 0 Å². The van der Waals surface area contributed by atoms with E-state index in [9.17, 15) is 18.7 Å². The van der Waals surface area contributed by atoms with E-state index in [4.69, 9.17) is 9.52 Å². The number of aliphatic hydroxyl groups is 1. The smallest absolute Gasteiger partial charge is 0.371 e. The zero-order valence-electron chi connectivity index (χ0n) is 8.93. The van der Waals surface area contributed by atoms with Crippen molar-refractivity contribution in [2.45, 2.75) is 6.10 Å². The first-order valence-corrected chi connectivity index (χ1v) is 4.95. The van der Waals surface area contributed by atoms with Gasteiger partial charge in [0.05, 0.1) is 0 Å². The lowest BCUT2D eigenvalue weighted by atomic mass is 10.1. The summed E-state index contributed by atoms with van der Waals surface area (Å²) in [6, 6.07) is 5.65. The molecule has 6 heteroatoms. The van der Waals surface area contributed by atoms with Crippen molar-refractivity contribution in [3.8, 4) is 0 Å². The molecule has 1 aromatic carbocycles. The minimum absolute atomic E-state index is 0.170. The molecule has 0 radical (unpaired) electrons. The number of furan rings is 1. The van der Waals surface area contributed by atoms with Crippen LogP contribution in [0.2, 0.25) is 0 Å². The van der Waals surface area contributed by atoms with Gasteiger partial charge >= 0.3 is 5.97 Å². The summed E-state index contributed by atoms with van der Waals surface area (Å²) in [5.74, 6) is -4.17. The Kier molecular flexibility index (Phi) is 3.12. The second-order valence-electron chi connectivity index (χ2n) is 3.55. The van der Waals surface area contributed by atoms with Crippen LogP contribution in [0.15, 0.2) is 34.7 Å². The zero-order valence-corrected chi connectivity index (χ0v) is 8.93. The summed E-state index contributed by atoms with van der Waals surface area (Å²) in [5, 5.41) is 18.4. The lowest BCUT2D eigenvalue weighted by Crippen LogP contribution is -2.03. The molecule has 1 unspecified atom stereocenters. The molecule has 0 spiro atoms. The van der Waals surface area contributed by atoms with E-state index < -0.39 is 23.7 Å². The first-order chi connectivity index (χ1) is 8.50. The van der Waals surface area contributed by atoms with Crippen LogP contribution in [0.5, 0.6) is 0 Å². The molecule has 0 saturated heterocycles. The van der Waals surface area contributed by atoms with Gasteiger partial charge < -0.3 is 14.6 Å². The maximum atomic E-state index is 13.4. The van der Waals surface area contributed by atoms with Crippen molar-refractivity contribution in [2.75, 3.05) is 0 Å². The maximum Gasteiger partial charge on any atom is 0.371 e. The minimum Gasteiger partial charge on any atom is -0.475 e. The average molecular weight is 254 g/mol. The van der Waals surface area contributed by atoms with Crippen molar-refractivity contribution in [1.82, 2.24) is 0 Å². The maximum absolute atomic E-state index is 13.4. The Morgan fingerprint density at radius 3 is 2.56 bits per heavy atom. The predicted octanol–water partition coefficient (Wildman–Crippen LogP) is 2.34. The van der Waals surface area contributed by atoms with Crippen LogP contribution in [0.3, 0.4) is 0 Å². The average Bonchev–Trinajstić information content (AvgIpc) is 2.81. The lowest BCUT2D eigenvalue weighted by molar-refractivity contribution is 0.0654. The second-order valence-corrected chi connectivity index (χ2v) is 3.55. The van der Waals surface area contributed by atoms with E-state index in [1.54, 1.807) is 0 Å². The molecular weight excluding hydrogens is 246 g/mol. The molecule has 0 saturated carbocycles. The number of carboxylic acids is 1. The van der Waals surface area contributed by atoms with Crippen LogP contribution in [-0.2, 0) is 0 Å². The van der Waals surface area contributed by atoms with Crippen LogP contribution in [-0.4, -0.2) is 16.2 Å². The molecule has 0 aliphatic carbocycles. The number of aromatic carboxylic acids is 1. The second kappa shape index (κ2) is 4.58. The van der Waals surface area contributed by atoms with E-state index in [0.29, 0.717) is 0 Å². The Labute approximate surface area is 100 Å². The fraction of sp³-hybridized carbons (Fsp3) is 0.0833. The minimum atomic E-state index is -1.56. The van der Waals surface area contributed by atoms with E-state index in [2.05, 4.69) is 0 Å². The molecule has 94 valence electrons. The number of hydrogen-bond donors (Lipinski definition) is 2. The van der Waals surface area contributed by atoms with Gasteiger partial charge in [-0.25, -0.2) is 13.6 Å². The van der Waals surface area contributed by atoms with Gasteiger partial charge in [-0.3, -0.25) is 0 Å². The van der Waals surface area contributed by atoms with Gasteiger partial charge in [0.15, 0.2) is 11.6 Å². The van der Waals surface area contributed by atoms with Crippen molar-refractivity contribution < 1.29 is 28.2 Å². The largest absolute Gasteiger partial charge is 0.475 e. The van der Waals surface area contributed by atoms with E-state index in [1.807, 2.05) is 0 Å². The van der Waals surface area contributed by atoms with Crippen LogP contribution in [0.4, 0.5) is 8.78 Å². The summed E-state index contributed by atoms with van der Waals surface area (Å²) in [6.45, 7) is 0. The number of halogens is 2. The standard InChI is InChI=1S/C12H8F2O4/c13-7-3-1-2-6(10(7)14)11(15)8-4-5-9(18-8)12(16)17/h1-5,11,15H,(H,16,17). The van der Waals surface area contributed by atoms with Gasteiger partial charge in [-0.15, -0.1) is 0 Å². The molecule has 1 aromatic heterocycles. The topological polar surface area (TPSA) is 70.7 Å². The summed E-state index contributed by atoms with van der Waals surface area (Å²) in [4.78, 5) is 10.6. The zero-order chi connectivity index (χ0) is 13.3. The number of carbonyl (C=O) groups is 1. The van der Waals surface area contributed by atoms with Crippen molar-refractivity contribution in [1.29, 1.82) is 0 Å². The Hall–Kier alpha value is -2.21. The summed E-state index contributed by atoms with van der Waals surface area (Å²) < 4.78 is 31.2. The summed E-state index contributed by atoms with van der Waals surface area (Å²) in [5.41, 5.74) is -0.318. The van der Waals surface area contributed by atoms with E-state index in [0.717, 1.165) is 12.1 Å². The van der Waals surface area contributed by atoms with Crippen molar-refractivity contribution >= 4 is 5.97 Å². The van der Waals surface area contributed by atoms with Crippen molar-refractivity contribution in [3.63, 3.8) is 0 Å². The van der Waals surface area contributed by atoms with Gasteiger partial charge in [0.25, 0.3) is 0 Å². The third kappa shape index (κ3) is 2.10. The van der Waals surface area contributed by atoms with Crippen LogP contribution >= 0.6 is 0 Å². The molecule has 4 nitrogen and oxygen atoms in total. The highest BCUT2D eigenvalue weighted by atomic mass is 19.2. The number of aliphatic hydroxyl groups excluding tert-OH is 1. The summed E-state index contributed by atoms with van der Waals surface area (Å²) in [6.07, 6.45) is -1.56. The highest BCUT2D eigenvalue weighted by Crippen LogP contribution is 2.26. The molecular formula is C12H8F2O4. The fourth-order valence-corrected chi connectivity index (χ4v) is 1.50. The third-order valence-electron chi connectivity index (χ3n) is 2.38. The molecule has 0 amide bonds. The molecule has 1 atom stereocenters. The highest BCUT2D eigenvalue weighted by Gasteiger charge is 2.21. The Morgan fingerprint density at radius 2 is 1.94 bits per heavy atom. The molecule has 1 heterocycles. The molecule has 0 aliphatic heterocycles. The Morgan fingerprint density at radius 1 is 1.22 bits per heavy atom. The predicted molar refractivity (Wildman–Crippen MR) is 56.1 cm³/mol.